The fraction of sp³-hybridized carbons (Fsp3) is 0.500. The van der Waals surface area contributed by atoms with E-state index in [1.807, 2.05) is 13.8 Å². The molecule has 0 saturated heterocycles. The molecule has 1 rings (SSSR count). The van der Waals surface area contributed by atoms with Gasteiger partial charge in [0.25, 0.3) is 0 Å². The molecule has 0 aliphatic rings. The number of hydrogen-bond acceptors (Lipinski definition) is 6. The summed E-state index contributed by atoms with van der Waals surface area (Å²) in [5.41, 5.74) is 6.49. The van der Waals surface area contributed by atoms with Gasteiger partial charge < -0.3 is 31.7 Å². The van der Waals surface area contributed by atoms with Crippen molar-refractivity contribution in [2.24, 2.45) is 11.7 Å². The summed E-state index contributed by atoms with van der Waals surface area (Å²) in [6.45, 7) is 3.79. The molecule has 7 N–H and O–H groups in total. The van der Waals surface area contributed by atoms with E-state index in [-0.39, 0.29) is 24.5 Å². The van der Waals surface area contributed by atoms with Crippen LogP contribution in [-0.4, -0.2) is 57.2 Å². The van der Waals surface area contributed by atoms with Gasteiger partial charge in [-0.05, 0) is 36.5 Å². The van der Waals surface area contributed by atoms with Gasteiger partial charge in [0.05, 0.1) is 6.04 Å². The fourth-order valence-corrected chi connectivity index (χ4v) is 2.77. The van der Waals surface area contributed by atoms with Gasteiger partial charge >= 0.3 is 11.9 Å². The van der Waals surface area contributed by atoms with Gasteiger partial charge in [0, 0.05) is 12.8 Å². The van der Waals surface area contributed by atoms with Gasteiger partial charge in [-0.3, -0.25) is 14.4 Å². The third-order valence-electron chi connectivity index (χ3n) is 4.33. The van der Waals surface area contributed by atoms with Crippen molar-refractivity contribution in [1.29, 1.82) is 0 Å². The van der Waals surface area contributed by atoms with Gasteiger partial charge in [-0.15, -0.1) is 0 Å². The second-order valence-electron chi connectivity index (χ2n) is 7.50. The molecular weight excluding hydrogens is 394 g/mol. The van der Waals surface area contributed by atoms with E-state index < -0.39 is 48.3 Å². The molecular formula is C20H29N3O7. The van der Waals surface area contributed by atoms with Crippen molar-refractivity contribution in [1.82, 2.24) is 10.6 Å². The lowest BCUT2D eigenvalue weighted by Crippen LogP contribution is -2.55. The van der Waals surface area contributed by atoms with Crippen LogP contribution in [-0.2, 0) is 25.6 Å². The first-order valence-corrected chi connectivity index (χ1v) is 9.58. The highest BCUT2D eigenvalue weighted by atomic mass is 16.4. The van der Waals surface area contributed by atoms with Crippen molar-refractivity contribution in [3.63, 3.8) is 0 Å². The Morgan fingerprint density at radius 1 is 0.967 bits per heavy atom. The average molecular weight is 423 g/mol. The number of nitrogens with one attached hydrogen (secondary N) is 2. The number of phenols is 1. The van der Waals surface area contributed by atoms with Crippen LogP contribution in [0, 0.1) is 5.92 Å². The van der Waals surface area contributed by atoms with Crippen LogP contribution in [0.5, 0.6) is 5.75 Å². The van der Waals surface area contributed by atoms with E-state index in [0.29, 0.717) is 12.0 Å². The molecule has 0 saturated carbocycles. The molecule has 3 unspecified atom stereocenters. The predicted molar refractivity (Wildman–Crippen MR) is 108 cm³/mol. The Hall–Kier alpha value is -3.14. The van der Waals surface area contributed by atoms with E-state index in [2.05, 4.69) is 10.6 Å². The number of carbonyl (C=O) groups excluding carboxylic acids is 2. The summed E-state index contributed by atoms with van der Waals surface area (Å²) < 4.78 is 0. The average Bonchev–Trinajstić information content (AvgIpc) is 2.64. The number of phenolic OH excluding ortho intramolecular Hbond substituents is 1. The molecule has 10 heteroatoms. The Labute approximate surface area is 174 Å². The molecule has 0 fully saturated rings. The molecule has 0 radical (unpaired) electrons. The summed E-state index contributed by atoms with van der Waals surface area (Å²) in [5, 5.41) is 32.3. The van der Waals surface area contributed by atoms with E-state index in [1.54, 1.807) is 12.1 Å². The quantitative estimate of drug-likeness (QED) is 0.276. The van der Waals surface area contributed by atoms with Crippen LogP contribution in [0.25, 0.3) is 0 Å². The van der Waals surface area contributed by atoms with Crippen LogP contribution >= 0.6 is 0 Å². The molecule has 0 heterocycles. The summed E-state index contributed by atoms with van der Waals surface area (Å²) in [4.78, 5) is 47.3. The van der Waals surface area contributed by atoms with Crippen LogP contribution in [0.15, 0.2) is 24.3 Å². The highest BCUT2D eigenvalue weighted by molar-refractivity contribution is 5.92. The first-order valence-electron chi connectivity index (χ1n) is 9.58. The molecule has 0 aliphatic heterocycles. The Bertz CT molecular complexity index is 749. The molecule has 0 aromatic heterocycles. The topological polar surface area (TPSA) is 179 Å². The molecule has 10 nitrogen and oxygen atoms in total. The van der Waals surface area contributed by atoms with E-state index >= 15 is 0 Å². The van der Waals surface area contributed by atoms with Gasteiger partial charge in [0.15, 0.2) is 0 Å². The SMILES string of the molecule is CC(C)CC(N)C(=O)NC(Cc1ccc(O)cc1)C(=O)NC(CCC(=O)O)C(=O)O. The molecule has 0 spiro atoms. The maximum absolute atomic E-state index is 12.7. The van der Waals surface area contributed by atoms with Crippen molar-refractivity contribution in [2.45, 2.75) is 57.7 Å². The Kier molecular flexibility index (Phi) is 9.76. The Balaban J connectivity index is 2.97. The van der Waals surface area contributed by atoms with E-state index in [9.17, 15) is 29.4 Å². The van der Waals surface area contributed by atoms with Crippen LogP contribution < -0.4 is 16.4 Å². The smallest absolute Gasteiger partial charge is 0.326 e. The number of nitrogens with two attached hydrogens (primary N) is 1. The normalized spacial score (nSPS) is 13.9. The number of rotatable bonds is 12. The zero-order valence-corrected chi connectivity index (χ0v) is 17.0. The standard InChI is InChI=1S/C20H29N3O7/c1-11(2)9-14(21)18(27)23-16(10-12-3-5-13(24)6-4-12)19(28)22-15(20(29)30)7-8-17(25)26/h3-6,11,14-16,24H,7-10,21H2,1-2H3,(H,22,28)(H,23,27)(H,25,26)(H,29,30). The summed E-state index contributed by atoms with van der Waals surface area (Å²) in [7, 11) is 0. The van der Waals surface area contributed by atoms with Crippen molar-refractivity contribution in [3.05, 3.63) is 29.8 Å². The van der Waals surface area contributed by atoms with Crippen LogP contribution in [0.2, 0.25) is 0 Å². The third kappa shape index (κ3) is 8.91. The highest BCUT2D eigenvalue weighted by Gasteiger charge is 2.28. The van der Waals surface area contributed by atoms with Gasteiger partial charge in [0.1, 0.15) is 17.8 Å². The largest absolute Gasteiger partial charge is 0.508 e. The first kappa shape index (κ1) is 24.9. The Morgan fingerprint density at radius 2 is 1.53 bits per heavy atom. The predicted octanol–water partition coefficient (Wildman–Crippen LogP) is 0.227. The number of carboxylic acid groups (broad SMARTS) is 2. The van der Waals surface area contributed by atoms with Crippen LogP contribution in [0.4, 0.5) is 0 Å². The number of benzene rings is 1. The van der Waals surface area contributed by atoms with Gasteiger partial charge in [-0.1, -0.05) is 26.0 Å². The Morgan fingerprint density at radius 3 is 2.03 bits per heavy atom. The van der Waals surface area contributed by atoms with Crippen LogP contribution in [0.3, 0.4) is 0 Å². The minimum atomic E-state index is -1.42. The molecule has 0 aliphatic carbocycles. The van der Waals surface area contributed by atoms with Crippen molar-refractivity contribution in [2.75, 3.05) is 0 Å². The van der Waals surface area contributed by atoms with Crippen LogP contribution in [0.1, 0.15) is 38.7 Å². The number of aliphatic carboxylic acids is 2. The fourth-order valence-electron chi connectivity index (χ4n) is 2.77. The zero-order valence-electron chi connectivity index (χ0n) is 17.0. The second kappa shape index (κ2) is 11.8. The molecule has 0 bridgehead atoms. The first-order chi connectivity index (χ1) is 14.0. The van der Waals surface area contributed by atoms with Gasteiger partial charge in [-0.2, -0.15) is 0 Å². The summed E-state index contributed by atoms with van der Waals surface area (Å²) in [6.07, 6.45) is -0.318. The zero-order chi connectivity index (χ0) is 22.8. The van der Waals surface area contributed by atoms with Crippen molar-refractivity contribution in [3.8, 4) is 5.75 Å². The van der Waals surface area contributed by atoms with E-state index in [4.69, 9.17) is 10.8 Å². The summed E-state index contributed by atoms with van der Waals surface area (Å²) in [5.74, 6) is -3.71. The maximum Gasteiger partial charge on any atom is 0.326 e. The number of carboxylic acids is 2. The highest BCUT2D eigenvalue weighted by Crippen LogP contribution is 2.12. The molecule has 30 heavy (non-hydrogen) atoms. The number of aromatic hydroxyl groups is 1. The van der Waals surface area contributed by atoms with Crippen molar-refractivity contribution < 1.29 is 34.5 Å². The molecule has 1 aromatic rings. The molecule has 166 valence electrons. The second-order valence-corrected chi connectivity index (χ2v) is 7.50. The third-order valence-corrected chi connectivity index (χ3v) is 4.33. The lowest BCUT2D eigenvalue weighted by molar-refractivity contribution is -0.143. The molecule has 3 atom stereocenters. The van der Waals surface area contributed by atoms with E-state index in [0.717, 1.165) is 0 Å². The summed E-state index contributed by atoms with van der Waals surface area (Å²) in [6, 6.07) is 2.57. The minimum absolute atomic E-state index is 0.0253. The van der Waals surface area contributed by atoms with E-state index in [1.165, 1.54) is 12.1 Å². The molecule has 1 aromatic carbocycles. The van der Waals surface area contributed by atoms with Gasteiger partial charge in [0.2, 0.25) is 11.8 Å². The van der Waals surface area contributed by atoms with Crippen molar-refractivity contribution >= 4 is 23.8 Å². The summed E-state index contributed by atoms with van der Waals surface area (Å²) >= 11 is 0. The minimum Gasteiger partial charge on any atom is -0.508 e. The maximum atomic E-state index is 12.7. The lowest BCUT2D eigenvalue weighted by atomic mass is 10.0. The number of carbonyl (C=O) groups is 4. The lowest BCUT2D eigenvalue weighted by Gasteiger charge is -2.23. The number of hydrogen-bond donors (Lipinski definition) is 6. The monoisotopic (exact) mass is 423 g/mol. The van der Waals surface area contributed by atoms with Gasteiger partial charge in [-0.25, -0.2) is 4.79 Å². The molecule has 2 amide bonds. The number of amides is 2.